The van der Waals surface area contributed by atoms with Gasteiger partial charge in [0.05, 0.1) is 16.4 Å². The first-order chi connectivity index (χ1) is 18.3. The molecule has 38 heavy (non-hydrogen) atoms. The van der Waals surface area contributed by atoms with Crippen molar-refractivity contribution >= 4 is 79.8 Å². The average molecular weight is 759 g/mol. The summed E-state index contributed by atoms with van der Waals surface area (Å²) in [6.07, 6.45) is 4.23. The summed E-state index contributed by atoms with van der Waals surface area (Å²) in [5, 5.41) is 3.62. The van der Waals surface area contributed by atoms with Gasteiger partial charge in [0.25, 0.3) is 5.91 Å². The Kier molecular flexibility index (Phi) is 12.5. The van der Waals surface area contributed by atoms with Gasteiger partial charge < -0.3 is 19.9 Å². The number of carbonyl (C=O) groups is 1. The number of methoxy groups -OCH3 is 1. The Balaban J connectivity index is 1.54. The first-order valence-electron chi connectivity index (χ1n) is 12.4. The van der Waals surface area contributed by atoms with E-state index in [-0.39, 0.29) is 5.91 Å². The van der Waals surface area contributed by atoms with Gasteiger partial charge in [0, 0.05) is 54.8 Å². The molecule has 0 unspecified atom stereocenters. The monoisotopic (exact) mass is 758 g/mol. The van der Waals surface area contributed by atoms with E-state index in [1.54, 1.807) is 19.3 Å². The van der Waals surface area contributed by atoms with E-state index in [2.05, 4.69) is 102 Å². The number of anilines is 2. The number of rotatable bonds is 10. The maximum atomic E-state index is 12.8. The molecule has 0 bridgehead atoms. The molecule has 0 radical (unpaired) electrons. The molecular formula is C29H33ClI2N4O2. The number of nitrogens with one attached hydrogen (secondary N) is 1. The summed E-state index contributed by atoms with van der Waals surface area (Å²) >= 11 is 10.3. The van der Waals surface area contributed by atoms with Crippen LogP contribution in [0.2, 0.25) is 0 Å². The quantitative estimate of drug-likeness (QED) is 0.120. The Morgan fingerprint density at radius 3 is 2.11 bits per heavy atom. The van der Waals surface area contributed by atoms with Crippen molar-refractivity contribution in [3.63, 3.8) is 0 Å². The predicted molar refractivity (Wildman–Crippen MR) is 177 cm³/mol. The smallest absolute Gasteiger partial charge is 0.259 e. The molecule has 1 saturated heterocycles. The summed E-state index contributed by atoms with van der Waals surface area (Å²) < 4.78 is 7.69. The number of carbonyl (C=O) groups excluding carboxylic acids is 1. The zero-order valence-corrected chi connectivity index (χ0v) is 27.0. The fourth-order valence-corrected chi connectivity index (χ4v) is 5.58. The van der Waals surface area contributed by atoms with Gasteiger partial charge in [-0.05, 0) is 94.1 Å². The van der Waals surface area contributed by atoms with Crippen molar-refractivity contribution in [3.05, 3.63) is 84.6 Å². The highest BCUT2D eigenvalue weighted by Crippen LogP contribution is 2.23. The van der Waals surface area contributed by atoms with Gasteiger partial charge in [-0.1, -0.05) is 53.2 Å². The topological polar surface area (TPSA) is 57.2 Å². The zero-order chi connectivity index (χ0) is 27.5. The molecule has 1 N–H and O–H groups in total. The molecular weight excluding hydrogens is 726 g/mol. The molecule has 1 aliphatic rings. The van der Waals surface area contributed by atoms with Crippen LogP contribution in [0.3, 0.4) is 0 Å². The lowest BCUT2D eigenvalue weighted by molar-refractivity contribution is -0.116. The minimum Gasteiger partial charge on any atom is -0.497 e. The fourth-order valence-electron chi connectivity index (χ4n) is 4.07. The summed E-state index contributed by atoms with van der Waals surface area (Å²) in [6.45, 7) is 8.17. The standard InChI is InChI=1S/C29H33ClI2N4O2/c1-4-27(34-21(2)19-23(30)13-14-31)28(32)29(37)33-20-22-5-7-24(8-6-22)35-15-17-36(18-16-35)25-9-11-26(38-3)12-10-25/h5-14,19H,4,15-18,20H2,1-3H3,(H,33,37)/b14-13-,23-19+,28-27-,34-21+. The van der Waals surface area contributed by atoms with E-state index in [9.17, 15) is 4.79 Å². The van der Waals surface area contributed by atoms with Crippen molar-refractivity contribution in [2.24, 2.45) is 4.99 Å². The highest BCUT2D eigenvalue weighted by atomic mass is 127. The van der Waals surface area contributed by atoms with E-state index >= 15 is 0 Å². The van der Waals surface area contributed by atoms with Gasteiger partial charge in [-0.2, -0.15) is 0 Å². The van der Waals surface area contributed by atoms with E-state index in [0.29, 0.717) is 21.6 Å². The number of ether oxygens (including phenoxy) is 1. The van der Waals surface area contributed by atoms with Crippen LogP contribution in [0.1, 0.15) is 25.8 Å². The maximum Gasteiger partial charge on any atom is 0.259 e. The number of amides is 1. The lowest BCUT2D eigenvalue weighted by atomic mass is 10.1. The van der Waals surface area contributed by atoms with Crippen LogP contribution in [0.4, 0.5) is 11.4 Å². The second kappa shape index (κ2) is 15.5. The molecule has 0 atom stereocenters. The molecule has 0 aliphatic carbocycles. The molecule has 9 heteroatoms. The summed E-state index contributed by atoms with van der Waals surface area (Å²) in [5.41, 5.74) is 4.97. The third-order valence-corrected chi connectivity index (χ3v) is 7.85. The van der Waals surface area contributed by atoms with Gasteiger partial charge in [0.2, 0.25) is 0 Å². The Bertz CT molecular complexity index is 1200. The molecule has 1 aliphatic heterocycles. The Morgan fingerprint density at radius 2 is 1.61 bits per heavy atom. The molecule has 3 rings (SSSR count). The number of halogens is 3. The molecule has 2 aromatic carbocycles. The van der Waals surface area contributed by atoms with Crippen molar-refractivity contribution in [2.45, 2.75) is 26.8 Å². The largest absolute Gasteiger partial charge is 0.497 e. The Hall–Kier alpha value is -2.05. The van der Waals surface area contributed by atoms with E-state index in [1.165, 1.54) is 11.4 Å². The van der Waals surface area contributed by atoms with Crippen LogP contribution >= 0.6 is 56.8 Å². The molecule has 0 spiro atoms. The Labute approximate surface area is 258 Å². The first kappa shape index (κ1) is 30.5. The third kappa shape index (κ3) is 9.01. The molecule has 1 heterocycles. The van der Waals surface area contributed by atoms with Crippen LogP contribution in [-0.2, 0) is 11.3 Å². The van der Waals surface area contributed by atoms with Crippen LogP contribution < -0.4 is 19.9 Å². The number of allylic oxidation sites excluding steroid dienone is 4. The number of aliphatic imine (C=N–C) groups is 1. The number of hydrogen-bond acceptors (Lipinski definition) is 5. The molecule has 0 saturated carbocycles. The maximum absolute atomic E-state index is 12.8. The third-order valence-electron chi connectivity index (χ3n) is 6.14. The molecule has 1 amide bonds. The summed E-state index contributed by atoms with van der Waals surface area (Å²) in [7, 11) is 1.69. The van der Waals surface area contributed by atoms with Crippen LogP contribution in [0, 0.1) is 0 Å². The van der Waals surface area contributed by atoms with Crippen LogP contribution in [0.25, 0.3) is 0 Å². The molecule has 202 valence electrons. The van der Waals surface area contributed by atoms with Gasteiger partial charge in [0.15, 0.2) is 0 Å². The molecule has 0 aromatic heterocycles. The Morgan fingerprint density at radius 1 is 1.05 bits per heavy atom. The normalized spacial score (nSPS) is 15.5. The predicted octanol–water partition coefficient (Wildman–Crippen LogP) is 7.23. The van der Waals surface area contributed by atoms with Gasteiger partial charge in [-0.3, -0.25) is 9.79 Å². The highest BCUT2D eigenvalue weighted by molar-refractivity contribution is 14.1. The van der Waals surface area contributed by atoms with Crippen molar-refractivity contribution in [2.75, 3.05) is 43.1 Å². The van der Waals surface area contributed by atoms with Gasteiger partial charge in [-0.15, -0.1) is 0 Å². The van der Waals surface area contributed by atoms with E-state index < -0.39 is 0 Å². The lowest BCUT2D eigenvalue weighted by Gasteiger charge is -2.37. The lowest BCUT2D eigenvalue weighted by Crippen LogP contribution is -2.46. The van der Waals surface area contributed by atoms with Gasteiger partial charge >= 0.3 is 0 Å². The number of benzene rings is 2. The number of nitrogens with zero attached hydrogens (tertiary/aromatic N) is 3. The molecule has 1 fully saturated rings. The first-order valence-corrected chi connectivity index (χ1v) is 15.1. The molecule has 2 aromatic rings. The minimum atomic E-state index is -0.125. The van der Waals surface area contributed by atoms with Crippen molar-refractivity contribution in [3.8, 4) is 5.75 Å². The zero-order valence-electron chi connectivity index (χ0n) is 21.9. The second-order valence-corrected chi connectivity index (χ2v) is 10.9. The van der Waals surface area contributed by atoms with Crippen LogP contribution in [0.5, 0.6) is 5.75 Å². The van der Waals surface area contributed by atoms with Crippen molar-refractivity contribution < 1.29 is 9.53 Å². The minimum absolute atomic E-state index is 0.125. The second-order valence-electron chi connectivity index (χ2n) is 8.71. The van der Waals surface area contributed by atoms with Crippen molar-refractivity contribution in [1.82, 2.24) is 5.32 Å². The SMILES string of the molecule is CCC(/N=C(C)/C=C(Cl)\C=C/I)=C(/I)C(=O)NCc1ccc(N2CCN(c3ccc(OC)cc3)CC2)cc1. The van der Waals surface area contributed by atoms with Crippen LogP contribution in [0.15, 0.2) is 84.1 Å². The number of hydrogen-bond donors (Lipinski definition) is 1. The number of piperazine rings is 1. The van der Waals surface area contributed by atoms with E-state index in [0.717, 1.165) is 48.9 Å². The van der Waals surface area contributed by atoms with Crippen molar-refractivity contribution in [1.29, 1.82) is 0 Å². The van der Waals surface area contributed by atoms with Crippen LogP contribution in [-0.4, -0.2) is 44.9 Å². The average Bonchev–Trinajstić information content (AvgIpc) is 2.94. The van der Waals surface area contributed by atoms with E-state index in [4.69, 9.17) is 16.3 Å². The summed E-state index contributed by atoms with van der Waals surface area (Å²) in [5.74, 6) is 0.752. The van der Waals surface area contributed by atoms with Gasteiger partial charge in [-0.25, -0.2) is 0 Å². The van der Waals surface area contributed by atoms with E-state index in [1.807, 2.05) is 30.1 Å². The highest BCUT2D eigenvalue weighted by Gasteiger charge is 2.18. The molecule has 6 nitrogen and oxygen atoms in total. The van der Waals surface area contributed by atoms with Gasteiger partial charge in [0.1, 0.15) is 5.75 Å². The fraction of sp³-hybridized carbons (Fsp3) is 0.310. The summed E-state index contributed by atoms with van der Waals surface area (Å²) in [6, 6.07) is 16.7. The summed E-state index contributed by atoms with van der Waals surface area (Å²) in [4.78, 5) is 22.2.